The summed E-state index contributed by atoms with van der Waals surface area (Å²) < 4.78 is 0. The van der Waals surface area contributed by atoms with Crippen molar-refractivity contribution >= 4 is 27.7 Å². The maximum absolute atomic E-state index is 12.4. The molecule has 5 heteroatoms. The standard InChI is InChI=1S/C14H14BrNO3/c15-12-10(6-3-7-11(12)17)16-13(18)8-4-1-2-5-9(8)14(16)19/h1-2,4-5,10-12,17H,3,6-7H2/t10-,11-,12+/m1/s1. The molecule has 2 amide bonds. The third-order valence-electron chi connectivity index (χ3n) is 3.89. The zero-order valence-electron chi connectivity index (χ0n) is 10.3. The van der Waals surface area contributed by atoms with E-state index in [9.17, 15) is 14.7 Å². The van der Waals surface area contributed by atoms with Crippen molar-refractivity contribution in [1.82, 2.24) is 4.90 Å². The first kappa shape index (κ1) is 12.8. The number of rotatable bonds is 1. The van der Waals surface area contributed by atoms with Gasteiger partial charge in [0.2, 0.25) is 0 Å². The van der Waals surface area contributed by atoms with Crippen LogP contribution in [0.2, 0.25) is 0 Å². The molecule has 0 bridgehead atoms. The number of benzene rings is 1. The number of halogens is 1. The van der Waals surface area contributed by atoms with Gasteiger partial charge in [0, 0.05) is 0 Å². The second-order valence-corrected chi connectivity index (χ2v) is 6.09. The SMILES string of the molecule is O=C1c2ccccc2C(=O)N1[C@@H]1CCC[C@@H](O)[C@H]1Br. The highest BCUT2D eigenvalue weighted by atomic mass is 79.9. The molecule has 0 spiro atoms. The van der Waals surface area contributed by atoms with Crippen LogP contribution in [-0.2, 0) is 0 Å². The molecule has 100 valence electrons. The van der Waals surface area contributed by atoms with E-state index in [1.165, 1.54) is 4.90 Å². The second kappa shape index (κ2) is 4.72. The van der Waals surface area contributed by atoms with E-state index >= 15 is 0 Å². The summed E-state index contributed by atoms with van der Waals surface area (Å²) in [5, 5.41) is 9.90. The number of imide groups is 1. The summed E-state index contributed by atoms with van der Waals surface area (Å²) in [6, 6.07) is 6.61. The quantitative estimate of drug-likeness (QED) is 0.635. The van der Waals surface area contributed by atoms with Crippen LogP contribution in [0.3, 0.4) is 0 Å². The van der Waals surface area contributed by atoms with Crippen molar-refractivity contribution in [2.24, 2.45) is 0 Å². The molecular formula is C14H14BrNO3. The molecule has 19 heavy (non-hydrogen) atoms. The van der Waals surface area contributed by atoms with Crippen molar-refractivity contribution in [3.63, 3.8) is 0 Å². The molecule has 1 aromatic carbocycles. The number of fused-ring (bicyclic) bond motifs is 1. The summed E-state index contributed by atoms with van der Waals surface area (Å²) in [6.07, 6.45) is 1.75. The fourth-order valence-corrected chi connectivity index (χ4v) is 3.66. The van der Waals surface area contributed by atoms with Gasteiger partial charge in [0.15, 0.2) is 0 Å². The number of carbonyl (C=O) groups is 2. The van der Waals surface area contributed by atoms with Gasteiger partial charge in [0.05, 0.1) is 28.1 Å². The van der Waals surface area contributed by atoms with Gasteiger partial charge in [-0.15, -0.1) is 0 Å². The van der Waals surface area contributed by atoms with E-state index in [1.54, 1.807) is 24.3 Å². The van der Waals surface area contributed by atoms with E-state index in [-0.39, 0.29) is 22.7 Å². The molecule has 0 saturated heterocycles. The molecular weight excluding hydrogens is 310 g/mol. The van der Waals surface area contributed by atoms with Crippen molar-refractivity contribution in [3.05, 3.63) is 35.4 Å². The molecule has 1 heterocycles. The largest absolute Gasteiger partial charge is 0.392 e. The van der Waals surface area contributed by atoms with Gasteiger partial charge in [-0.2, -0.15) is 0 Å². The van der Waals surface area contributed by atoms with Crippen LogP contribution in [0.15, 0.2) is 24.3 Å². The molecule has 0 aromatic heterocycles. The van der Waals surface area contributed by atoms with Gasteiger partial charge in [-0.1, -0.05) is 28.1 Å². The van der Waals surface area contributed by atoms with Crippen LogP contribution in [0, 0.1) is 0 Å². The zero-order valence-corrected chi connectivity index (χ0v) is 11.8. The average Bonchev–Trinajstić information content (AvgIpc) is 2.67. The summed E-state index contributed by atoms with van der Waals surface area (Å²) >= 11 is 3.43. The fraction of sp³-hybridized carbons (Fsp3) is 0.429. The molecule has 1 aliphatic carbocycles. The molecule has 2 aliphatic rings. The summed E-state index contributed by atoms with van der Waals surface area (Å²) in [6.45, 7) is 0. The lowest BCUT2D eigenvalue weighted by atomic mass is 9.91. The predicted molar refractivity (Wildman–Crippen MR) is 73.3 cm³/mol. The highest BCUT2D eigenvalue weighted by molar-refractivity contribution is 9.09. The molecule has 1 aliphatic heterocycles. The van der Waals surface area contributed by atoms with Gasteiger partial charge in [0.1, 0.15) is 0 Å². The third-order valence-corrected chi connectivity index (χ3v) is 5.11. The third kappa shape index (κ3) is 1.92. The molecule has 1 N–H and O–H groups in total. The number of nitrogens with zero attached hydrogens (tertiary/aromatic N) is 1. The van der Waals surface area contributed by atoms with Gasteiger partial charge >= 0.3 is 0 Å². The fourth-order valence-electron chi connectivity index (χ4n) is 2.89. The molecule has 3 rings (SSSR count). The van der Waals surface area contributed by atoms with Crippen LogP contribution < -0.4 is 0 Å². The van der Waals surface area contributed by atoms with E-state index in [2.05, 4.69) is 15.9 Å². The van der Waals surface area contributed by atoms with E-state index in [0.717, 1.165) is 12.8 Å². The van der Waals surface area contributed by atoms with Gasteiger partial charge in [-0.05, 0) is 31.4 Å². The van der Waals surface area contributed by atoms with Gasteiger partial charge in [0.25, 0.3) is 11.8 Å². The first-order valence-corrected chi connectivity index (χ1v) is 7.32. The van der Waals surface area contributed by atoms with Crippen LogP contribution in [-0.4, -0.2) is 38.8 Å². The van der Waals surface area contributed by atoms with E-state index in [1.807, 2.05) is 0 Å². The van der Waals surface area contributed by atoms with Crippen LogP contribution in [0.5, 0.6) is 0 Å². The Morgan fingerprint density at radius 3 is 2.26 bits per heavy atom. The van der Waals surface area contributed by atoms with Crippen LogP contribution in [0.1, 0.15) is 40.0 Å². The monoisotopic (exact) mass is 323 g/mol. The Morgan fingerprint density at radius 1 is 1.11 bits per heavy atom. The molecule has 1 aromatic rings. The Balaban J connectivity index is 1.95. The number of alkyl halides is 1. The van der Waals surface area contributed by atoms with Crippen molar-refractivity contribution in [2.45, 2.75) is 36.2 Å². The van der Waals surface area contributed by atoms with Crippen LogP contribution >= 0.6 is 15.9 Å². The van der Waals surface area contributed by atoms with Crippen LogP contribution in [0.4, 0.5) is 0 Å². The Bertz CT molecular complexity index is 510. The molecule has 1 fully saturated rings. The maximum Gasteiger partial charge on any atom is 0.261 e. The highest BCUT2D eigenvalue weighted by Gasteiger charge is 2.44. The summed E-state index contributed by atoms with van der Waals surface area (Å²) in [7, 11) is 0. The average molecular weight is 324 g/mol. The Kier molecular flexibility index (Phi) is 3.19. The molecule has 3 atom stereocenters. The Morgan fingerprint density at radius 2 is 1.68 bits per heavy atom. The number of amides is 2. The molecule has 1 saturated carbocycles. The number of aliphatic hydroxyl groups is 1. The number of hydrogen-bond donors (Lipinski definition) is 1. The zero-order chi connectivity index (χ0) is 13.6. The minimum absolute atomic E-state index is 0.246. The minimum atomic E-state index is -0.511. The molecule has 0 unspecified atom stereocenters. The van der Waals surface area contributed by atoms with Crippen molar-refractivity contribution < 1.29 is 14.7 Å². The van der Waals surface area contributed by atoms with E-state index in [0.29, 0.717) is 17.5 Å². The molecule has 4 nitrogen and oxygen atoms in total. The first-order chi connectivity index (χ1) is 9.11. The topological polar surface area (TPSA) is 57.6 Å². The van der Waals surface area contributed by atoms with Crippen molar-refractivity contribution in [1.29, 1.82) is 0 Å². The van der Waals surface area contributed by atoms with E-state index in [4.69, 9.17) is 0 Å². The van der Waals surface area contributed by atoms with Crippen molar-refractivity contribution in [2.75, 3.05) is 0 Å². The lowest BCUT2D eigenvalue weighted by molar-refractivity contribution is 0.0447. The van der Waals surface area contributed by atoms with Crippen LogP contribution in [0.25, 0.3) is 0 Å². The number of carbonyl (C=O) groups excluding carboxylic acids is 2. The smallest absolute Gasteiger partial charge is 0.261 e. The maximum atomic E-state index is 12.4. The molecule has 0 radical (unpaired) electrons. The van der Waals surface area contributed by atoms with Gasteiger partial charge in [-0.3, -0.25) is 14.5 Å². The highest BCUT2D eigenvalue weighted by Crippen LogP contribution is 2.34. The normalized spacial score (nSPS) is 30.6. The lowest BCUT2D eigenvalue weighted by Crippen LogP contribution is -2.50. The number of aliphatic hydroxyl groups excluding tert-OH is 1. The Labute approximate surface area is 119 Å². The second-order valence-electron chi connectivity index (χ2n) is 5.04. The minimum Gasteiger partial charge on any atom is -0.392 e. The van der Waals surface area contributed by atoms with Gasteiger partial charge < -0.3 is 5.11 Å². The van der Waals surface area contributed by atoms with Gasteiger partial charge in [-0.25, -0.2) is 0 Å². The van der Waals surface area contributed by atoms with E-state index < -0.39 is 6.10 Å². The summed E-state index contributed by atoms with van der Waals surface area (Å²) in [5.74, 6) is -0.492. The first-order valence-electron chi connectivity index (χ1n) is 6.40. The Hall–Kier alpha value is -1.20. The number of hydrogen-bond acceptors (Lipinski definition) is 3. The van der Waals surface area contributed by atoms with Crippen molar-refractivity contribution in [3.8, 4) is 0 Å². The predicted octanol–water partition coefficient (Wildman–Crippen LogP) is 1.96. The lowest BCUT2D eigenvalue weighted by Gasteiger charge is -2.36. The summed E-state index contributed by atoms with van der Waals surface area (Å²) in [4.78, 5) is 25.8. The summed E-state index contributed by atoms with van der Waals surface area (Å²) in [5.41, 5.74) is 0.930.